The summed E-state index contributed by atoms with van der Waals surface area (Å²) in [6, 6.07) is 9.57. The molecule has 0 amide bonds. The fourth-order valence-electron chi connectivity index (χ4n) is 5.43. The van der Waals surface area contributed by atoms with E-state index in [0.717, 1.165) is 12.2 Å². The van der Waals surface area contributed by atoms with Gasteiger partial charge in [0, 0.05) is 11.1 Å². The van der Waals surface area contributed by atoms with Crippen molar-refractivity contribution in [3.63, 3.8) is 0 Å². The summed E-state index contributed by atoms with van der Waals surface area (Å²) in [5.74, 6) is 1.44. The largest absolute Gasteiger partial charge is 0.426 e. The Kier molecular flexibility index (Phi) is 10.5. The molecule has 1 heterocycles. The third kappa shape index (κ3) is 8.36. The van der Waals surface area contributed by atoms with Gasteiger partial charge in [0.05, 0.1) is 13.2 Å². The quantitative estimate of drug-likeness (QED) is 0.304. The molecule has 0 aliphatic carbocycles. The minimum Gasteiger partial charge on any atom is -0.426 e. The predicted octanol–water partition coefficient (Wildman–Crippen LogP) is 11.9. The number of fused-ring (bicyclic) bond motifs is 3. The lowest BCUT2D eigenvalue weighted by atomic mass is 9.74. The van der Waals surface area contributed by atoms with Gasteiger partial charge in [-0.15, -0.1) is 0 Å². The van der Waals surface area contributed by atoms with Crippen molar-refractivity contribution in [3.05, 3.63) is 52.1 Å². The van der Waals surface area contributed by atoms with Gasteiger partial charge < -0.3 is 9.05 Å². The van der Waals surface area contributed by atoms with E-state index >= 15 is 0 Å². The van der Waals surface area contributed by atoms with Crippen molar-refractivity contribution in [2.24, 2.45) is 5.92 Å². The lowest BCUT2D eigenvalue weighted by Gasteiger charge is -2.35. The Morgan fingerprint density at radius 1 is 0.732 bits per heavy atom. The molecule has 41 heavy (non-hydrogen) atoms. The van der Waals surface area contributed by atoms with Crippen LogP contribution in [0, 0.1) is 5.92 Å². The maximum Gasteiger partial charge on any atom is 0.397 e. The van der Waals surface area contributed by atoms with Gasteiger partial charge in [0.15, 0.2) is 0 Å². The molecule has 0 fully saturated rings. The monoisotopic (exact) mass is 582 g/mol. The average molecular weight is 583 g/mol. The molecule has 3 nitrogen and oxygen atoms in total. The zero-order valence-electron chi connectivity index (χ0n) is 28.8. The summed E-state index contributed by atoms with van der Waals surface area (Å²) in [5.41, 5.74) is 8.74. The van der Waals surface area contributed by atoms with E-state index < -0.39 is 8.60 Å². The first-order chi connectivity index (χ1) is 18.8. The first-order valence-electron chi connectivity index (χ1n) is 15.9. The molecule has 1 aliphatic heterocycles. The van der Waals surface area contributed by atoms with Crippen molar-refractivity contribution < 1.29 is 13.6 Å². The zero-order chi connectivity index (χ0) is 31.0. The van der Waals surface area contributed by atoms with Crippen LogP contribution >= 0.6 is 8.60 Å². The Morgan fingerprint density at radius 3 is 1.76 bits per heavy atom. The summed E-state index contributed by atoms with van der Waals surface area (Å²) in [6.07, 6.45) is 4.72. The van der Waals surface area contributed by atoms with Crippen LogP contribution < -0.4 is 4.52 Å². The maximum absolute atomic E-state index is 6.89. The van der Waals surface area contributed by atoms with E-state index in [1.54, 1.807) is 0 Å². The topological polar surface area (TPSA) is 27.7 Å². The molecule has 2 atom stereocenters. The van der Waals surface area contributed by atoms with Gasteiger partial charge in [0.1, 0.15) is 5.75 Å². The molecule has 2 aromatic carbocycles. The van der Waals surface area contributed by atoms with E-state index in [-0.39, 0.29) is 21.7 Å². The molecule has 1 aliphatic rings. The second kappa shape index (κ2) is 12.7. The average Bonchev–Trinajstić information content (AvgIpc) is 2.82. The van der Waals surface area contributed by atoms with Gasteiger partial charge in [0.25, 0.3) is 0 Å². The van der Waals surface area contributed by atoms with Gasteiger partial charge in [-0.25, -0.2) is 0 Å². The smallest absolute Gasteiger partial charge is 0.397 e. The fourth-order valence-corrected chi connectivity index (χ4v) is 6.53. The molecule has 0 saturated carbocycles. The first kappa shape index (κ1) is 34.1. The molecular weight excluding hydrogens is 523 g/mol. The van der Waals surface area contributed by atoms with Crippen LogP contribution in [-0.4, -0.2) is 6.61 Å². The molecule has 0 saturated heterocycles. The van der Waals surface area contributed by atoms with E-state index in [9.17, 15) is 0 Å². The highest BCUT2D eigenvalue weighted by Crippen LogP contribution is 2.54. The highest BCUT2D eigenvalue weighted by atomic mass is 31.2. The highest BCUT2D eigenvalue weighted by Gasteiger charge is 2.34. The molecule has 4 heteroatoms. The lowest BCUT2D eigenvalue weighted by Crippen LogP contribution is -2.22. The summed E-state index contributed by atoms with van der Waals surface area (Å²) < 4.78 is 20.0. The standard InChI is InChI=1S/C37H59O3P/c1-15-17-18-25(16-2)23-38-41-39-24-30-28(19-26(34(3,4)5)21-31(30)36(9,10)11)29-20-27(35(6,7)8)22-32(33(29)40-41)37(12,13)14/h19-22,25H,15-18,23-24H2,1-14H3. The second-order valence-electron chi connectivity index (χ2n) is 16.3. The van der Waals surface area contributed by atoms with Gasteiger partial charge in [-0.05, 0) is 67.9 Å². The minimum atomic E-state index is -1.56. The van der Waals surface area contributed by atoms with Crippen molar-refractivity contribution in [1.29, 1.82) is 0 Å². The van der Waals surface area contributed by atoms with Crippen molar-refractivity contribution in [2.75, 3.05) is 6.61 Å². The van der Waals surface area contributed by atoms with Gasteiger partial charge in [-0.2, -0.15) is 0 Å². The Labute approximate surface area is 254 Å². The normalized spacial score (nSPS) is 17.3. The molecule has 0 N–H and O–H groups in total. The second-order valence-corrected chi connectivity index (χ2v) is 17.4. The van der Waals surface area contributed by atoms with E-state index in [1.807, 2.05) is 0 Å². The fraction of sp³-hybridized carbons (Fsp3) is 0.676. The zero-order valence-corrected chi connectivity index (χ0v) is 29.7. The van der Waals surface area contributed by atoms with Crippen molar-refractivity contribution in [1.82, 2.24) is 0 Å². The number of rotatable bonds is 7. The third-order valence-electron chi connectivity index (χ3n) is 8.42. The van der Waals surface area contributed by atoms with Crippen LogP contribution in [0.2, 0.25) is 0 Å². The third-order valence-corrected chi connectivity index (χ3v) is 9.45. The highest BCUT2D eigenvalue weighted by molar-refractivity contribution is 7.42. The number of benzene rings is 2. The Morgan fingerprint density at radius 2 is 1.27 bits per heavy atom. The Hall–Kier alpha value is -1.41. The minimum absolute atomic E-state index is 0.00256. The maximum atomic E-state index is 6.89. The number of hydrogen-bond acceptors (Lipinski definition) is 3. The van der Waals surface area contributed by atoms with Crippen LogP contribution in [0.1, 0.15) is 150 Å². The van der Waals surface area contributed by atoms with Crippen LogP contribution in [0.4, 0.5) is 0 Å². The van der Waals surface area contributed by atoms with Gasteiger partial charge in [0.2, 0.25) is 0 Å². The van der Waals surface area contributed by atoms with Crippen LogP contribution in [0.3, 0.4) is 0 Å². The molecular formula is C37H59O3P. The van der Waals surface area contributed by atoms with Crippen molar-refractivity contribution >= 4 is 8.60 Å². The molecule has 0 aromatic heterocycles. The predicted molar refractivity (Wildman–Crippen MR) is 178 cm³/mol. The van der Waals surface area contributed by atoms with Gasteiger partial charge in [-0.1, -0.05) is 134 Å². The van der Waals surface area contributed by atoms with E-state index in [4.69, 9.17) is 13.6 Å². The summed E-state index contributed by atoms with van der Waals surface area (Å²) >= 11 is 0. The Balaban J connectivity index is 2.33. The van der Waals surface area contributed by atoms with E-state index in [1.165, 1.54) is 58.2 Å². The number of hydrogen-bond donors (Lipinski definition) is 0. The van der Waals surface area contributed by atoms with Crippen LogP contribution in [0.15, 0.2) is 24.3 Å². The summed E-state index contributed by atoms with van der Waals surface area (Å²) in [6.45, 7) is 33.3. The molecule has 0 bridgehead atoms. The summed E-state index contributed by atoms with van der Waals surface area (Å²) in [4.78, 5) is 0. The van der Waals surface area contributed by atoms with Gasteiger partial charge in [-0.3, -0.25) is 4.52 Å². The summed E-state index contributed by atoms with van der Waals surface area (Å²) in [7, 11) is -1.56. The number of unbranched alkanes of at least 4 members (excludes halogenated alkanes) is 1. The van der Waals surface area contributed by atoms with Crippen LogP contribution in [0.5, 0.6) is 5.75 Å². The molecule has 0 spiro atoms. The van der Waals surface area contributed by atoms with Crippen molar-refractivity contribution in [2.45, 2.75) is 151 Å². The molecule has 2 aromatic rings. The lowest BCUT2D eigenvalue weighted by molar-refractivity contribution is 0.166. The van der Waals surface area contributed by atoms with Crippen LogP contribution in [0.25, 0.3) is 11.1 Å². The summed E-state index contributed by atoms with van der Waals surface area (Å²) in [5, 5.41) is 0. The van der Waals surface area contributed by atoms with Crippen molar-refractivity contribution in [3.8, 4) is 16.9 Å². The molecule has 0 radical (unpaired) electrons. The Bertz CT molecular complexity index is 1190. The first-order valence-corrected chi connectivity index (χ1v) is 17.0. The molecule has 2 unspecified atom stereocenters. The van der Waals surface area contributed by atoms with E-state index in [0.29, 0.717) is 19.1 Å². The van der Waals surface area contributed by atoms with E-state index in [2.05, 4.69) is 121 Å². The molecule has 3 rings (SSSR count). The van der Waals surface area contributed by atoms with Crippen LogP contribution in [-0.2, 0) is 37.3 Å². The van der Waals surface area contributed by atoms with Gasteiger partial charge >= 0.3 is 8.60 Å². The molecule has 230 valence electrons. The SMILES string of the molecule is CCCCC(CC)COP1OCc2c(cc(C(C)(C)C)cc2C(C)(C)C)-c2cc(C(C)(C)C)cc(C(C)(C)C)c2O1.